The Morgan fingerprint density at radius 3 is 1.47 bits per heavy atom. The van der Waals surface area contributed by atoms with E-state index < -0.39 is 83.0 Å². The minimum absolute atomic E-state index is 0.0507. The van der Waals surface area contributed by atoms with E-state index in [4.69, 9.17) is 56.8 Å². The van der Waals surface area contributed by atoms with Gasteiger partial charge in [-0.05, 0) is 157 Å². The van der Waals surface area contributed by atoms with Crippen LogP contribution in [0.2, 0.25) is 0 Å². The average molecular weight is 1180 g/mol. The van der Waals surface area contributed by atoms with Crippen LogP contribution in [0.3, 0.4) is 0 Å². The first kappa shape index (κ1) is 66.2. The molecule has 5 rings (SSSR count). The van der Waals surface area contributed by atoms with Crippen LogP contribution in [0.25, 0.3) is 0 Å². The first-order valence-electron chi connectivity index (χ1n) is 27.2. The molecule has 0 spiro atoms. The summed E-state index contributed by atoms with van der Waals surface area (Å²) in [6.45, 7) is 17.8. The van der Waals surface area contributed by atoms with Gasteiger partial charge in [-0.25, -0.2) is 33.6 Å². The van der Waals surface area contributed by atoms with Crippen LogP contribution >= 0.6 is 0 Å². The highest BCUT2D eigenvalue weighted by atomic mass is 16.6. The molecule has 1 saturated carbocycles. The number of allylic oxidation sites excluding steroid dienone is 1. The topological polar surface area (TPSA) is 281 Å². The number of benzene rings is 3. The molecule has 3 aromatic rings. The van der Waals surface area contributed by atoms with Crippen molar-refractivity contribution >= 4 is 59.7 Å². The maximum atomic E-state index is 13.7. The van der Waals surface area contributed by atoms with Gasteiger partial charge >= 0.3 is 59.7 Å². The highest BCUT2D eigenvalue weighted by molar-refractivity contribution is 5.97. The first-order valence-corrected chi connectivity index (χ1v) is 27.2. The van der Waals surface area contributed by atoms with Gasteiger partial charge in [-0.2, -0.15) is 0 Å². The zero-order valence-electron chi connectivity index (χ0n) is 47.6. The Labute approximate surface area is 491 Å². The standard InChI is InChI=1S/C63H68O22/c1-8-53(64)76-32-12-10-30-74-46-22-18-44(19-23-46)59(70)84-52-27-26-48(38-50(52)61(72)80-36-34-78-55(66)40(3)4)82-57(68)42-14-16-43(17-15-42)58(69)83-49-28-29-63(7,51(39-49)62(73)81-37-35-79-56(67)41(5)6)85-60(71)45-20-24-47(25-21-45)75-31-11-13-33-77-54(65)9-2/h8-9,18-29,38-39,42-43,51H,1-3,5,10-17,30-37H2,4,6-7H3. The summed E-state index contributed by atoms with van der Waals surface area (Å²) in [4.78, 5) is 128. The third-order valence-corrected chi connectivity index (χ3v) is 12.7. The van der Waals surface area contributed by atoms with Gasteiger partial charge in [-0.1, -0.05) is 26.3 Å². The smallest absolute Gasteiger partial charge is 0.343 e. The number of hydrogen-bond donors (Lipinski definition) is 0. The van der Waals surface area contributed by atoms with Gasteiger partial charge in [-0.3, -0.25) is 14.4 Å². The molecule has 1 fully saturated rings. The quantitative estimate of drug-likeness (QED) is 0.0186. The molecule has 0 aromatic heterocycles. The van der Waals surface area contributed by atoms with Crippen LogP contribution in [-0.2, 0) is 71.5 Å². The molecule has 3 aromatic carbocycles. The monoisotopic (exact) mass is 1180 g/mol. The Morgan fingerprint density at radius 2 is 0.965 bits per heavy atom. The Morgan fingerprint density at radius 1 is 0.506 bits per heavy atom. The van der Waals surface area contributed by atoms with Crippen LogP contribution in [0, 0.1) is 17.8 Å². The van der Waals surface area contributed by atoms with Crippen LogP contribution < -0.4 is 18.9 Å². The van der Waals surface area contributed by atoms with Crippen molar-refractivity contribution in [2.24, 2.45) is 17.8 Å². The zero-order valence-corrected chi connectivity index (χ0v) is 47.6. The third-order valence-electron chi connectivity index (χ3n) is 12.7. The summed E-state index contributed by atoms with van der Waals surface area (Å²) in [7, 11) is 0. The van der Waals surface area contributed by atoms with Crippen molar-refractivity contribution in [2.75, 3.05) is 52.9 Å². The average Bonchev–Trinajstić information content (AvgIpc) is 2.58. The summed E-state index contributed by atoms with van der Waals surface area (Å²) >= 11 is 0. The lowest BCUT2D eigenvalue weighted by atomic mass is 9.82. The predicted molar refractivity (Wildman–Crippen MR) is 301 cm³/mol. The summed E-state index contributed by atoms with van der Waals surface area (Å²) in [6.07, 6.45) is 9.28. The lowest BCUT2D eigenvalue weighted by Crippen LogP contribution is -2.44. The number of carbonyl (C=O) groups is 10. The summed E-state index contributed by atoms with van der Waals surface area (Å²) in [5, 5.41) is 0. The fraction of sp³-hybridized carbons (Fsp3) is 0.365. The summed E-state index contributed by atoms with van der Waals surface area (Å²) in [5.74, 6) is -9.53. The highest BCUT2D eigenvalue weighted by Crippen LogP contribution is 2.36. The van der Waals surface area contributed by atoms with Gasteiger partial charge in [0, 0.05) is 23.3 Å². The van der Waals surface area contributed by atoms with E-state index in [0.717, 1.165) is 18.2 Å². The van der Waals surface area contributed by atoms with Gasteiger partial charge in [0.1, 0.15) is 72.3 Å². The highest BCUT2D eigenvalue weighted by Gasteiger charge is 2.44. The molecule has 2 unspecified atom stereocenters. The SMILES string of the molecule is C=CC(=O)OCCCCOc1ccc(C(=O)Oc2ccc(OC(=O)C3CCC(C(=O)OC4=CC(C(=O)OCCOC(=O)C(=C)C)C(C)(OC(=O)c5ccc(OCCCCOC(=O)C=C)cc5)C=C4)CC3)cc2C(=O)OCCOC(=O)C(=C)C)cc1. The lowest BCUT2D eigenvalue weighted by Gasteiger charge is -2.34. The molecule has 0 bridgehead atoms. The summed E-state index contributed by atoms with van der Waals surface area (Å²) in [6, 6.07) is 15.8. The largest absolute Gasteiger partial charge is 0.494 e. The van der Waals surface area contributed by atoms with Gasteiger partial charge in [0.25, 0.3) is 0 Å². The molecule has 2 aliphatic rings. The molecule has 0 radical (unpaired) electrons. The van der Waals surface area contributed by atoms with Crippen molar-refractivity contribution < 1.29 is 105 Å². The molecular formula is C63H68O22. The molecule has 2 atom stereocenters. The molecule has 2 aliphatic carbocycles. The predicted octanol–water partition coefficient (Wildman–Crippen LogP) is 8.56. The number of esters is 10. The second-order valence-corrected chi connectivity index (χ2v) is 19.4. The van der Waals surface area contributed by atoms with E-state index in [0.29, 0.717) is 50.4 Å². The van der Waals surface area contributed by atoms with Crippen LogP contribution in [0.4, 0.5) is 0 Å². The third kappa shape index (κ3) is 21.6. The fourth-order valence-electron chi connectivity index (χ4n) is 7.99. The molecule has 0 heterocycles. The molecular weight excluding hydrogens is 1110 g/mol. The van der Waals surface area contributed by atoms with Crippen molar-refractivity contribution in [3.8, 4) is 23.0 Å². The van der Waals surface area contributed by atoms with Crippen LogP contribution in [0.15, 0.2) is 140 Å². The molecule has 452 valence electrons. The molecule has 0 saturated heterocycles. The van der Waals surface area contributed by atoms with E-state index in [1.54, 1.807) is 24.3 Å². The second kappa shape index (κ2) is 33.5. The van der Waals surface area contributed by atoms with Crippen molar-refractivity contribution in [3.05, 3.63) is 157 Å². The Hall–Kier alpha value is -9.60. The minimum atomic E-state index is -1.67. The molecule has 85 heavy (non-hydrogen) atoms. The Balaban J connectivity index is 1.19. The Kier molecular flexibility index (Phi) is 26.1. The number of hydrogen-bond acceptors (Lipinski definition) is 22. The maximum absolute atomic E-state index is 13.7. The van der Waals surface area contributed by atoms with Gasteiger partial charge in [0.05, 0.1) is 49.4 Å². The van der Waals surface area contributed by atoms with Crippen LogP contribution in [0.1, 0.15) is 103 Å². The second-order valence-electron chi connectivity index (χ2n) is 19.4. The van der Waals surface area contributed by atoms with Gasteiger partial charge in [-0.15, -0.1) is 0 Å². The van der Waals surface area contributed by atoms with E-state index in [-0.39, 0.29) is 110 Å². The van der Waals surface area contributed by atoms with E-state index in [1.165, 1.54) is 75.4 Å². The number of unbranched alkanes of at least 4 members (excludes halogenated alkanes) is 2. The molecule has 0 amide bonds. The summed E-state index contributed by atoms with van der Waals surface area (Å²) < 4.78 is 65.1. The van der Waals surface area contributed by atoms with Gasteiger partial charge < -0.3 is 56.8 Å². The van der Waals surface area contributed by atoms with Gasteiger partial charge in [0.15, 0.2) is 0 Å². The van der Waals surface area contributed by atoms with E-state index in [1.807, 2.05) is 0 Å². The summed E-state index contributed by atoms with van der Waals surface area (Å²) in [5.41, 5.74) is -1.48. The minimum Gasteiger partial charge on any atom is -0.494 e. The molecule has 22 heteroatoms. The normalized spacial score (nSPS) is 16.7. The molecule has 0 aliphatic heterocycles. The number of rotatable bonds is 32. The zero-order chi connectivity index (χ0) is 61.9. The van der Waals surface area contributed by atoms with Crippen molar-refractivity contribution in [2.45, 2.75) is 77.7 Å². The van der Waals surface area contributed by atoms with Gasteiger partial charge in [0.2, 0.25) is 0 Å². The van der Waals surface area contributed by atoms with Crippen LogP contribution in [-0.4, -0.2) is 118 Å². The van der Waals surface area contributed by atoms with Crippen molar-refractivity contribution in [1.82, 2.24) is 0 Å². The number of ether oxygens (including phenoxy) is 12. The molecule has 0 N–H and O–H groups in total. The lowest BCUT2D eigenvalue weighted by molar-refractivity contribution is -0.157. The van der Waals surface area contributed by atoms with E-state index >= 15 is 0 Å². The van der Waals surface area contributed by atoms with Crippen molar-refractivity contribution in [3.63, 3.8) is 0 Å². The number of carbonyl (C=O) groups excluding carboxylic acids is 10. The molecule has 22 nitrogen and oxygen atoms in total. The first-order chi connectivity index (χ1) is 40.7. The van der Waals surface area contributed by atoms with Crippen molar-refractivity contribution in [1.29, 1.82) is 0 Å². The van der Waals surface area contributed by atoms with E-state index in [9.17, 15) is 47.9 Å². The van der Waals surface area contributed by atoms with Crippen LogP contribution in [0.5, 0.6) is 23.0 Å². The van der Waals surface area contributed by atoms with E-state index in [2.05, 4.69) is 26.3 Å². The Bertz CT molecular complexity index is 3010. The maximum Gasteiger partial charge on any atom is 0.343 e. The fourth-order valence-corrected chi connectivity index (χ4v) is 7.99.